The van der Waals surface area contributed by atoms with Crippen molar-refractivity contribution in [2.24, 2.45) is 0 Å². The zero-order valence-corrected chi connectivity index (χ0v) is 23.6. The number of amides is 3. The van der Waals surface area contributed by atoms with Gasteiger partial charge in [0, 0.05) is 29.7 Å². The van der Waals surface area contributed by atoms with E-state index in [0.717, 1.165) is 26.5 Å². The highest BCUT2D eigenvalue weighted by Crippen LogP contribution is 2.32. The first-order valence-corrected chi connectivity index (χ1v) is 14.7. The van der Waals surface area contributed by atoms with Crippen LogP contribution in [-0.4, -0.2) is 54.3 Å². The maximum Gasteiger partial charge on any atom is 0.293 e. The number of thioether (sulfide) groups is 1. The lowest BCUT2D eigenvalue weighted by molar-refractivity contribution is -0.124. The second-order valence-electron chi connectivity index (χ2n) is 8.45. The van der Waals surface area contributed by atoms with Gasteiger partial charge in [-0.25, -0.2) is 8.42 Å². The molecule has 1 heterocycles. The number of carbonyl (C=O) groups is 3. The summed E-state index contributed by atoms with van der Waals surface area (Å²) >= 11 is 12.6. The van der Waals surface area contributed by atoms with Crippen LogP contribution in [0.3, 0.4) is 0 Å². The SMILES string of the molecule is O=C(CN(Cc1ccccc1)S(=O)(=O)c1ccc(Cl)cc1)NCCN1C(=O)SC(=Cc2ccc(Cl)cc2)C1=O. The molecular weight excluding hydrogens is 581 g/mol. The first kappa shape index (κ1) is 28.8. The molecule has 3 amide bonds. The van der Waals surface area contributed by atoms with Crippen LogP contribution in [0.5, 0.6) is 0 Å². The average molecular weight is 605 g/mol. The van der Waals surface area contributed by atoms with E-state index in [0.29, 0.717) is 15.6 Å². The van der Waals surface area contributed by atoms with Gasteiger partial charge in [0.25, 0.3) is 11.1 Å². The Morgan fingerprint density at radius 3 is 2.18 bits per heavy atom. The zero-order valence-electron chi connectivity index (χ0n) is 20.4. The normalized spacial score (nSPS) is 14.8. The van der Waals surface area contributed by atoms with Crippen molar-refractivity contribution in [1.29, 1.82) is 0 Å². The van der Waals surface area contributed by atoms with Crippen LogP contribution in [0.15, 0.2) is 88.7 Å². The number of sulfonamides is 1. The van der Waals surface area contributed by atoms with Gasteiger partial charge >= 0.3 is 0 Å². The van der Waals surface area contributed by atoms with E-state index in [1.165, 1.54) is 24.3 Å². The third-order valence-corrected chi connectivity index (χ3v) is 8.89. The van der Waals surface area contributed by atoms with E-state index in [4.69, 9.17) is 23.2 Å². The summed E-state index contributed by atoms with van der Waals surface area (Å²) in [6.07, 6.45) is 1.60. The number of hydrogen-bond donors (Lipinski definition) is 1. The van der Waals surface area contributed by atoms with Crippen molar-refractivity contribution in [3.05, 3.63) is 105 Å². The molecule has 39 heavy (non-hydrogen) atoms. The zero-order chi connectivity index (χ0) is 28.0. The highest BCUT2D eigenvalue weighted by Gasteiger charge is 2.35. The smallest absolute Gasteiger partial charge is 0.293 e. The molecule has 1 aliphatic rings. The van der Waals surface area contributed by atoms with Crippen molar-refractivity contribution in [2.75, 3.05) is 19.6 Å². The van der Waals surface area contributed by atoms with Gasteiger partial charge < -0.3 is 5.32 Å². The summed E-state index contributed by atoms with van der Waals surface area (Å²) in [5.74, 6) is -1.04. The number of nitrogens with one attached hydrogen (secondary N) is 1. The average Bonchev–Trinajstić information content (AvgIpc) is 3.17. The first-order chi connectivity index (χ1) is 18.6. The monoisotopic (exact) mass is 603 g/mol. The Kier molecular flexibility index (Phi) is 9.47. The topological polar surface area (TPSA) is 104 Å². The second-order valence-corrected chi connectivity index (χ2v) is 12.3. The molecule has 0 bridgehead atoms. The number of benzene rings is 3. The quantitative estimate of drug-likeness (QED) is 0.326. The fourth-order valence-electron chi connectivity index (χ4n) is 3.69. The van der Waals surface area contributed by atoms with E-state index in [9.17, 15) is 22.8 Å². The molecule has 0 unspecified atom stereocenters. The van der Waals surface area contributed by atoms with E-state index in [1.54, 1.807) is 54.6 Å². The van der Waals surface area contributed by atoms with Crippen LogP contribution < -0.4 is 5.32 Å². The van der Waals surface area contributed by atoms with Gasteiger partial charge in [0.05, 0.1) is 16.3 Å². The Labute approximate surface area is 240 Å². The number of hydrogen-bond acceptors (Lipinski definition) is 6. The molecule has 1 aliphatic heterocycles. The van der Waals surface area contributed by atoms with Crippen LogP contribution in [0.4, 0.5) is 4.79 Å². The van der Waals surface area contributed by atoms with Gasteiger partial charge in [-0.15, -0.1) is 0 Å². The Morgan fingerprint density at radius 1 is 0.923 bits per heavy atom. The molecule has 3 aromatic rings. The van der Waals surface area contributed by atoms with Gasteiger partial charge in [-0.3, -0.25) is 19.3 Å². The van der Waals surface area contributed by atoms with Crippen LogP contribution in [0.1, 0.15) is 11.1 Å². The van der Waals surface area contributed by atoms with Gasteiger partial charge in [-0.2, -0.15) is 4.31 Å². The van der Waals surface area contributed by atoms with Crippen molar-refractivity contribution in [3.63, 3.8) is 0 Å². The van der Waals surface area contributed by atoms with Crippen LogP contribution >= 0.6 is 35.0 Å². The molecule has 1 saturated heterocycles. The molecule has 0 atom stereocenters. The third kappa shape index (κ3) is 7.49. The maximum atomic E-state index is 13.3. The van der Waals surface area contributed by atoms with Crippen LogP contribution in [-0.2, 0) is 26.2 Å². The van der Waals surface area contributed by atoms with Gasteiger partial charge in [0.1, 0.15) is 0 Å². The summed E-state index contributed by atoms with van der Waals surface area (Å²) in [5, 5.41) is 3.10. The van der Waals surface area contributed by atoms with Crippen LogP contribution in [0, 0.1) is 0 Å². The van der Waals surface area contributed by atoms with Crippen molar-refractivity contribution < 1.29 is 22.8 Å². The largest absolute Gasteiger partial charge is 0.353 e. The third-order valence-electron chi connectivity index (χ3n) is 5.67. The van der Waals surface area contributed by atoms with Crippen molar-refractivity contribution in [3.8, 4) is 0 Å². The lowest BCUT2D eigenvalue weighted by Crippen LogP contribution is -2.43. The van der Waals surface area contributed by atoms with E-state index >= 15 is 0 Å². The minimum Gasteiger partial charge on any atom is -0.353 e. The maximum absolute atomic E-state index is 13.3. The van der Waals surface area contributed by atoms with Gasteiger partial charge in [0.15, 0.2) is 0 Å². The fourth-order valence-corrected chi connectivity index (χ4v) is 6.20. The Morgan fingerprint density at radius 2 is 1.54 bits per heavy atom. The molecule has 0 radical (unpaired) electrons. The fraction of sp³-hybridized carbons (Fsp3) is 0.148. The molecule has 12 heteroatoms. The molecule has 0 aromatic heterocycles. The van der Waals surface area contributed by atoms with Crippen LogP contribution in [0.2, 0.25) is 10.0 Å². The molecular formula is C27H23Cl2N3O5S2. The predicted molar refractivity (Wildman–Crippen MR) is 153 cm³/mol. The number of halogens is 2. The minimum atomic E-state index is -4.03. The molecule has 4 rings (SSSR count). The first-order valence-electron chi connectivity index (χ1n) is 11.7. The lowest BCUT2D eigenvalue weighted by atomic mass is 10.2. The molecule has 1 N–H and O–H groups in total. The summed E-state index contributed by atoms with van der Waals surface area (Å²) in [7, 11) is -4.03. The molecule has 0 spiro atoms. The number of rotatable bonds is 10. The van der Waals surface area contributed by atoms with E-state index in [2.05, 4.69) is 5.32 Å². The Hall–Kier alpha value is -3.15. The van der Waals surface area contributed by atoms with E-state index in [1.807, 2.05) is 6.07 Å². The number of nitrogens with zero attached hydrogens (tertiary/aromatic N) is 2. The lowest BCUT2D eigenvalue weighted by Gasteiger charge is -2.22. The molecule has 0 saturated carbocycles. The molecule has 0 aliphatic carbocycles. The van der Waals surface area contributed by atoms with Crippen molar-refractivity contribution in [1.82, 2.24) is 14.5 Å². The summed E-state index contributed by atoms with van der Waals surface area (Å²) in [6, 6.07) is 21.4. The van der Waals surface area contributed by atoms with E-state index < -0.39 is 33.6 Å². The van der Waals surface area contributed by atoms with E-state index in [-0.39, 0.29) is 29.4 Å². The minimum absolute atomic E-state index is 0.000852. The predicted octanol–water partition coefficient (Wildman–Crippen LogP) is 5.04. The van der Waals surface area contributed by atoms with Crippen molar-refractivity contribution in [2.45, 2.75) is 11.4 Å². The van der Waals surface area contributed by atoms with Gasteiger partial charge in [0.2, 0.25) is 15.9 Å². The second kappa shape index (κ2) is 12.8. The summed E-state index contributed by atoms with van der Waals surface area (Å²) in [5.41, 5.74) is 1.42. The Bertz CT molecular complexity index is 1500. The molecule has 3 aromatic carbocycles. The number of carbonyl (C=O) groups excluding carboxylic acids is 3. The highest BCUT2D eigenvalue weighted by molar-refractivity contribution is 8.18. The molecule has 8 nitrogen and oxygen atoms in total. The van der Waals surface area contributed by atoms with Crippen LogP contribution in [0.25, 0.3) is 6.08 Å². The molecule has 202 valence electrons. The summed E-state index contributed by atoms with van der Waals surface area (Å²) in [6.45, 7) is -0.585. The highest BCUT2D eigenvalue weighted by atomic mass is 35.5. The Balaban J connectivity index is 1.40. The van der Waals surface area contributed by atoms with Crippen molar-refractivity contribution >= 4 is 68.1 Å². The molecule has 1 fully saturated rings. The van der Waals surface area contributed by atoms with Gasteiger partial charge in [-0.1, -0.05) is 65.7 Å². The summed E-state index contributed by atoms with van der Waals surface area (Å²) in [4.78, 5) is 39.2. The van der Waals surface area contributed by atoms with Gasteiger partial charge in [-0.05, 0) is 65.4 Å². The summed E-state index contributed by atoms with van der Waals surface area (Å²) < 4.78 is 27.8. The standard InChI is InChI=1S/C27H23Cl2N3O5S2/c28-21-8-6-19(7-9-21)16-24-26(34)32(27(35)38-24)15-14-30-25(33)18-31(17-20-4-2-1-3-5-20)39(36,37)23-12-10-22(29)11-13-23/h1-13,16H,14-15,17-18H2,(H,30,33). The number of imide groups is 1.